The minimum absolute atomic E-state index is 0.318. The van der Waals surface area contributed by atoms with Gasteiger partial charge in [0.05, 0.1) is 0 Å². The molecule has 6 rings (SSSR count). The molecule has 0 amide bonds. The fraction of sp³-hybridized carbons (Fsp3) is 0.222. The first-order valence-electron chi connectivity index (χ1n) is 10.8. The number of hydrogen-bond acceptors (Lipinski definition) is 4. The zero-order valence-corrected chi connectivity index (χ0v) is 17.2. The largest absolute Gasteiger partial charge is 0.519 e. The van der Waals surface area contributed by atoms with Gasteiger partial charge >= 0.3 is 6.16 Å². The van der Waals surface area contributed by atoms with Crippen molar-refractivity contribution in [2.24, 2.45) is 0 Å². The summed E-state index contributed by atoms with van der Waals surface area (Å²) in [5.74, 6) is 2.00. The van der Waals surface area contributed by atoms with E-state index in [0.717, 1.165) is 57.5 Å². The third kappa shape index (κ3) is 2.78. The number of fused-ring (bicyclic) bond motifs is 7. The molecule has 4 aromatic carbocycles. The average Bonchev–Trinajstić information content (AvgIpc) is 3.39. The molecular weight excluding hydrogens is 388 g/mol. The molecule has 2 aliphatic carbocycles. The van der Waals surface area contributed by atoms with Crippen LogP contribution in [0.25, 0.3) is 21.5 Å². The molecule has 2 unspecified atom stereocenters. The first kappa shape index (κ1) is 18.3. The zero-order valence-electron chi connectivity index (χ0n) is 17.2. The van der Waals surface area contributed by atoms with Crippen LogP contribution < -0.4 is 9.47 Å². The minimum Gasteiger partial charge on any atom is -0.507 e. The van der Waals surface area contributed by atoms with Crippen LogP contribution in [0.5, 0.6) is 17.2 Å². The summed E-state index contributed by atoms with van der Waals surface area (Å²) in [7, 11) is 0. The van der Waals surface area contributed by atoms with Crippen LogP contribution >= 0.6 is 0 Å². The molecule has 2 atom stereocenters. The summed E-state index contributed by atoms with van der Waals surface area (Å²) in [6, 6.07) is 19.3. The van der Waals surface area contributed by atoms with Crippen molar-refractivity contribution in [3.05, 3.63) is 77.4 Å². The number of ether oxygens (including phenoxy) is 2. The first-order chi connectivity index (χ1) is 15.1. The number of hydrogen-bond donors (Lipinski definition) is 1. The molecule has 31 heavy (non-hydrogen) atoms. The highest BCUT2D eigenvalue weighted by Crippen LogP contribution is 2.61. The number of phenols is 1. The van der Waals surface area contributed by atoms with Gasteiger partial charge < -0.3 is 14.6 Å². The maximum Gasteiger partial charge on any atom is 0.519 e. The van der Waals surface area contributed by atoms with Crippen LogP contribution in [0.3, 0.4) is 0 Å². The Morgan fingerprint density at radius 1 is 0.903 bits per heavy atom. The number of phenolic OH excluding ortho intramolecular Hbond substituents is 1. The predicted octanol–water partition coefficient (Wildman–Crippen LogP) is 6.95. The lowest BCUT2D eigenvalue weighted by molar-refractivity contribution is 0.152. The molecule has 1 N–H and O–H groups in total. The SMILES string of the molecule is Cc1cccc2c(O)c3c(c(OC(=O)Oc4ccc5ccccc5c4)c12)C1CCC3C1. The lowest BCUT2D eigenvalue weighted by Gasteiger charge is -2.23. The number of rotatable bonds is 2. The molecule has 4 nitrogen and oxygen atoms in total. The monoisotopic (exact) mass is 410 g/mol. The summed E-state index contributed by atoms with van der Waals surface area (Å²) < 4.78 is 11.5. The zero-order chi connectivity index (χ0) is 21.1. The standard InChI is InChI=1S/C27H22O4/c1-15-5-4-8-21-22(15)26(24-19-10-9-18(13-19)23(24)25(21)28)31-27(29)30-20-12-11-16-6-2-3-7-17(16)14-20/h2-8,11-12,14,18-19,28H,9-10,13H2,1H3. The second-order valence-corrected chi connectivity index (χ2v) is 8.67. The smallest absolute Gasteiger partial charge is 0.507 e. The van der Waals surface area contributed by atoms with Crippen molar-refractivity contribution in [3.8, 4) is 17.2 Å². The van der Waals surface area contributed by atoms with Gasteiger partial charge in [-0.1, -0.05) is 48.5 Å². The van der Waals surface area contributed by atoms with E-state index in [1.165, 1.54) is 0 Å². The molecule has 0 radical (unpaired) electrons. The highest BCUT2D eigenvalue weighted by Gasteiger charge is 2.43. The Hall–Kier alpha value is -3.53. The Labute approximate surface area is 180 Å². The number of aryl methyl sites for hydroxylation is 1. The van der Waals surface area contributed by atoms with Crippen LogP contribution in [-0.4, -0.2) is 11.3 Å². The summed E-state index contributed by atoms with van der Waals surface area (Å²) in [6.07, 6.45) is 2.39. The molecular formula is C27H22O4. The van der Waals surface area contributed by atoms with Gasteiger partial charge in [-0.3, -0.25) is 0 Å². The molecule has 2 bridgehead atoms. The van der Waals surface area contributed by atoms with Crippen molar-refractivity contribution < 1.29 is 19.4 Å². The normalized spacial score (nSPS) is 19.0. The Morgan fingerprint density at radius 3 is 2.52 bits per heavy atom. The number of carbonyl (C=O) groups excluding carboxylic acids is 1. The maximum absolute atomic E-state index is 12.9. The summed E-state index contributed by atoms with van der Waals surface area (Å²) in [4.78, 5) is 12.9. The Balaban J connectivity index is 1.42. The fourth-order valence-corrected chi connectivity index (χ4v) is 5.56. The van der Waals surface area contributed by atoms with Gasteiger partial charge in [0.25, 0.3) is 0 Å². The Kier molecular flexibility index (Phi) is 3.97. The summed E-state index contributed by atoms with van der Waals surface area (Å²) in [6.45, 7) is 1.98. The summed E-state index contributed by atoms with van der Waals surface area (Å²) in [5, 5.41) is 14.6. The first-order valence-corrected chi connectivity index (χ1v) is 10.8. The van der Waals surface area contributed by atoms with Gasteiger partial charge in [0.15, 0.2) is 0 Å². The second kappa shape index (κ2) is 6.74. The number of aromatic hydroxyl groups is 1. The fourth-order valence-electron chi connectivity index (χ4n) is 5.56. The number of benzene rings is 4. The molecule has 154 valence electrons. The molecule has 4 heteroatoms. The van der Waals surface area contributed by atoms with Crippen molar-refractivity contribution in [1.82, 2.24) is 0 Å². The molecule has 1 saturated carbocycles. The molecule has 4 aromatic rings. The van der Waals surface area contributed by atoms with Gasteiger partial charge in [0, 0.05) is 21.9 Å². The lowest BCUT2D eigenvalue weighted by atomic mass is 9.86. The third-order valence-corrected chi connectivity index (χ3v) is 6.90. The van der Waals surface area contributed by atoms with Crippen molar-refractivity contribution >= 4 is 27.7 Å². The van der Waals surface area contributed by atoms with Crippen molar-refractivity contribution in [2.75, 3.05) is 0 Å². The van der Waals surface area contributed by atoms with Crippen LogP contribution in [0.4, 0.5) is 4.79 Å². The van der Waals surface area contributed by atoms with E-state index in [9.17, 15) is 9.90 Å². The van der Waals surface area contributed by atoms with Gasteiger partial charge in [-0.25, -0.2) is 4.79 Å². The van der Waals surface area contributed by atoms with E-state index in [2.05, 4.69) is 0 Å². The third-order valence-electron chi connectivity index (χ3n) is 6.90. The molecule has 0 spiro atoms. The van der Waals surface area contributed by atoms with E-state index in [0.29, 0.717) is 29.1 Å². The van der Waals surface area contributed by atoms with Crippen LogP contribution in [-0.2, 0) is 0 Å². The van der Waals surface area contributed by atoms with E-state index in [4.69, 9.17) is 9.47 Å². The predicted molar refractivity (Wildman–Crippen MR) is 120 cm³/mol. The Bertz CT molecular complexity index is 1370. The van der Waals surface area contributed by atoms with Gasteiger partial charge in [-0.15, -0.1) is 0 Å². The molecule has 0 aliphatic heterocycles. The highest BCUT2D eigenvalue weighted by atomic mass is 16.7. The second-order valence-electron chi connectivity index (χ2n) is 8.67. The van der Waals surface area contributed by atoms with E-state index >= 15 is 0 Å². The van der Waals surface area contributed by atoms with Crippen molar-refractivity contribution in [2.45, 2.75) is 38.0 Å². The van der Waals surface area contributed by atoms with E-state index < -0.39 is 6.16 Å². The average molecular weight is 410 g/mol. The van der Waals surface area contributed by atoms with Crippen LogP contribution in [0.2, 0.25) is 0 Å². The Morgan fingerprint density at radius 2 is 1.68 bits per heavy atom. The van der Waals surface area contributed by atoms with E-state index in [-0.39, 0.29) is 0 Å². The van der Waals surface area contributed by atoms with Crippen molar-refractivity contribution in [1.29, 1.82) is 0 Å². The summed E-state index contributed by atoms with van der Waals surface area (Å²) in [5.41, 5.74) is 2.92. The van der Waals surface area contributed by atoms with E-state index in [1.54, 1.807) is 6.07 Å². The van der Waals surface area contributed by atoms with Gasteiger partial charge in [-0.05, 0) is 66.5 Å². The lowest BCUT2D eigenvalue weighted by Crippen LogP contribution is -2.16. The molecule has 0 saturated heterocycles. The quantitative estimate of drug-likeness (QED) is 0.287. The molecule has 2 aliphatic rings. The van der Waals surface area contributed by atoms with Crippen LogP contribution in [0.15, 0.2) is 60.7 Å². The van der Waals surface area contributed by atoms with E-state index in [1.807, 2.05) is 61.5 Å². The minimum atomic E-state index is -0.754. The van der Waals surface area contributed by atoms with Gasteiger partial charge in [-0.2, -0.15) is 0 Å². The molecule has 0 heterocycles. The topological polar surface area (TPSA) is 55.8 Å². The van der Waals surface area contributed by atoms with Crippen molar-refractivity contribution in [3.63, 3.8) is 0 Å². The van der Waals surface area contributed by atoms with Crippen LogP contribution in [0, 0.1) is 6.92 Å². The van der Waals surface area contributed by atoms with Crippen LogP contribution in [0.1, 0.15) is 47.8 Å². The molecule has 0 aromatic heterocycles. The van der Waals surface area contributed by atoms with Gasteiger partial charge in [0.2, 0.25) is 0 Å². The maximum atomic E-state index is 12.9. The van der Waals surface area contributed by atoms with Gasteiger partial charge in [0.1, 0.15) is 17.2 Å². The summed E-state index contributed by atoms with van der Waals surface area (Å²) >= 11 is 0. The molecule has 1 fully saturated rings. The highest BCUT2D eigenvalue weighted by molar-refractivity contribution is 6.00. The number of carbonyl (C=O) groups is 1.